The average Bonchev–Trinajstić information content (AvgIpc) is 1.07. The molecular weight excluding hydrogens is 1250 g/mol. The van der Waals surface area contributed by atoms with Crippen LogP contribution in [0, 0.1) is 41.4 Å². The van der Waals surface area contributed by atoms with E-state index >= 15 is 0 Å². The van der Waals surface area contributed by atoms with Crippen molar-refractivity contribution in [3.63, 3.8) is 0 Å². The first-order valence-corrected chi connectivity index (χ1v) is 32.7. The molecule has 0 spiro atoms. The second-order valence-corrected chi connectivity index (χ2v) is 24.1. The Labute approximate surface area is 574 Å². The Morgan fingerprint density at radius 3 is 0.979 bits per heavy atom. The van der Waals surface area contributed by atoms with E-state index < -0.39 is 96.4 Å². The highest BCUT2D eigenvalue weighted by molar-refractivity contribution is 5.93. The fourth-order valence-electron chi connectivity index (χ4n) is 7.55. The van der Waals surface area contributed by atoms with Crippen LogP contribution in [0.4, 0.5) is 0 Å². The molecule has 31 heteroatoms. The number of hydrogen-bond acceptors (Lipinski definition) is 26. The number of carboxylic acids is 3. The van der Waals surface area contributed by atoms with Crippen LogP contribution < -0.4 is 96.6 Å². The van der Waals surface area contributed by atoms with Crippen molar-refractivity contribution in [3.8, 4) is 0 Å². The summed E-state index contributed by atoms with van der Waals surface area (Å²) in [5.74, 6) is -4.25. The Bertz CT molecular complexity index is 2450. The number of nitrogens with two attached hydrogens (primary N) is 15. The maximum absolute atomic E-state index is 11.6. The molecule has 0 aliphatic heterocycles. The van der Waals surface area contributed by atoms with Crippen LogP contribution in [-0.2, 0) is 65.6 Å². The van der Waals surface area contributed by atoms with Gasteiger partial charge in [-0.25, -0.2) is 0 Å². The lowest BCUT2D eigenvalue weighted by atomic mass is 9.88. The van der Waals surface area contributed by atoms with Crippen LogP contribution in [0.1, 0.15) is 125 Å². The lowest BCUT2D eigenvalue weighted by Crippen LogP contribution is -2.58. The van der Waals surface area contributed by atoms with Gasteiger partial charge in [0.25, 0.3) is 0 Å². The number of amides is 2. The minimum absolute atomic E-state index is 0.00505. The van der Waals surface area contributed by atoms with Gasteiger partial charge in [-0.15, -0.1) is 0 Å². The highest BCUT2D eigenvalue weighted by Crippen LogP contribution is 2.19. The van der Waals surface area contributed by atoms with Gasteiger partial charge in [-0.2, -0.15) is 0 Å². The summed E-state index contributed by atoms with van der Waals surface area (Å²) in [6, 6.07) is 12.5. The zero-order chi connectivity index (χ0) is 76.1. The van der Waals surface area contributed by atoms with E-state index in [-0.39, 0.29) is 92.7 Å². The molecule has 35 N–H and O–H groups in total. The number of carboxylic acid groups (broad SMARTS) is 3. The van der Waals surface area contributed by atoms with Gasteiger partial charge in [-0.05, 0) is 73.4 Å². The number of rotatable bonds is 40. The Hall–Kier alpha value is -6.79. The third-order valence-corrected chi connectivity index (χ3v) is 15.3. The molecule has 0 saturated heterocycles. The monoisotopic (exact) mass is 1380 g/mol. The van der Waals surface area contributed by atoms with E-state index in [0.717, 1.165) is 24.0 Å². The van der Waals surface area contributed by atoms with Crippen LogP contribution in [-0.4, -0.2) is 187 Å². The Balaban J connectivity index is -0.000000344. The van der Waals surface area contributed by atoms with Gasteiger partial charge < -0.3 is 112 Å². The number of likely N-dealkylation sites (N-methyl/N-ethyl adjacent to an activating group) is 1. The molecule has 0 aliphatic rings. The SMILES string of the molecule is CC(C)[C@@H](C)CC(=O)[C@@H](N)CN.CCC(C)[C@@H](C)CC(=O)[C@@H](N)CN.CCCC(=O)[C@@H](N)CN.CCNC(=O)[C@@H](N)[C@@H](N)C(=O)NCC(=O)O.C[C@@H](CN)CC(=O)[C@@H](N)CN.NC[C@@H](N)C(=O)C[C@H](Cc1ccccc1)C(=O)O.NC[C@H](N)C(=O)C[C@@H](Cc1ccccc1)C(=O)O. The van der Waals surface area contributed by atoms with Crippen LogP contribution in [0.3, 0.4) is 0 Å². The summed E-state index contributed by atoms with van der Waals surface area (Å²) in [5, 5.41) is 31.0. The Morgan fingerprint density at radius 2 is 0.701 bits per heavy atom. The van der Waals surface area contributed by atoms with Crippen molar-refractivity contribution in [2.24, 2.45) is 127 Å². The highest BCUT2D eigenvalue weighted by Gasteiger charge is 2.28. The van der Waals surface area contributed by atoms with Gasteiger partial charge in [0.05, 0.1) is 48.1 Å². The molecule has 1 unspecified atom stereocenters. The third kappa shape index (κ3) is 50.2. The van der Waals surface area contributed by atoms with E-state index in [4.69, 9.17) is 101 Å². The highest BCUT2D eigenvalue weighted by atomic mass is 16.4. The summed E-state index contributed by atoms with van der Waals surface area (Å²) < 4.78 is 0. The van der Waals surface area contributed by atoms with Crippen LogP contribution in [0.15, 0.2) is 60.7 Å². The average molecular weight is 1380 g/mol. The largest absolute Gasteiger partial charge is 0.481 e. The number of ketones is 6. The van der Waals surface area contributed by atoms with Gasteiger partial charge >= 0.3 is 17.9 Å². The van der Waals surface area contributed by atoms with Gasteiger partial charge in [-0.1, -0.05) is 122 Å². The molecule has 0 fully saturated rings. The first-order valence-electron chi connectivity index (χ1n) is 32.7. The molecule has 14 atom stereocenters. The maximum Gasteiger partial charge on any atom is 0.322 e. The molecule has 2 rings (SSSR count). The Morgan fingerprint density at radius 1 is 0.392 bits per heavy atom. The van der Waals surface area contributed by atoms with Crippen molar-refractivity contribution in [1.82, 2.24) is 10.6 Å². The fourth-order valence-corrected chi connectivity index (χ4v) is 7.55. The number of benzene rings is 2. The molecule has 2 aromatic carbocycles. The third-order valence-electron chi connectivity index (χ3n) is 15.3. The van der Waals surface area contributed by atoms with E-state index in [0.29, 0.717) is 75.3 Å². The summed E-state index contributed by atoms with van der Waals surface area (Å²) in [4.78, 5) is 123. The van der Waals surface area contributed by atoms with E-state index in [2.05, 4.69) is 46.9 Å². The predicted molar refractivity (Wildman–Crippen MR) is 379 cm³/mol. The zero-order valence-corrected chi connectivity index (χ0v) is 58.9. The minimum atomic E-state index is -1.27. The van der Waals surface area contributed by atoms with E-state index in [1.807, 2.05) is 79.8 Å². The van der Waals surface area contributed by atoms with Crippen molar-refractivity contribution < 1.29 is 68.1 Å². The first-order chi connectivity index (χ1) is 45.3. The van der Waals surface area contributed by atoms with E-state index in [9.17, 15) is 52.7 Å². The molecule has 97 heavy (non-hydrogen) atoms. The van der Waals surface area contributed by atoms with Gasteiger partial charge in [-0.3, -0.25) is 52.7 Å². The van der Waals surface area contributed by atoms with Gasteiger partial charge in [0.2, 0.25) is 11.8 Å². The number of carbonyl (C=O) groups excluding carboxylic acids is 8. The predicted octanol–water partition coefficient (Wildman–Crippen LogP) is -2.77. The Kier molecular flexibility index (Phi) is 60.4. The number of Topliss-reactive ketones (excluding diaryl/α,β-unsaturated/α-hetero) is 6. The molecule has 2 aromatic rings. The summed E-state index contributed by atoms with van der Waals surface area (Å²) in [5.41, 5.74) is 82.2. The van der Waals surface area contributed by atoms with Crippen molar-refractivity contribution in [3.05, 3.63) is 71.8 Å². The van der Waals surface area contributed by atoms with Crippen LogP contribution in [0.2, 0.25) is 0 Å². The van der Waals surface area contributed by atoms with Crippen molar-refractivity contribution in [2.75, 3.05) is 58.9 Å². The number of carbonyl (C=O) groups is 11. The second kappa shape index (κ2) is 59.3. The standard InChI is InChI=1S/2C13H18N2O3.C10H22N2O.C9H20N2O.C8H16N4O4.C7H17N3O.C6H14N2O/c2*14-8-11(15)12(16)7-10(13(17)18)6-9-4-2-1-3-5-9;1-4-7(2)8(3)5-10(13)9(12)6-11;1-6(2)7(3)4-9(12)8(11)5-10;1-2-11-7(15)5(9)6(10)8(16)12-3-4(13)14;1-5(3-8)2-7(11)6(10)4-9;1-2-3-6(9)5(8)4-7/h2*1-5,10-11H,6-8,14-15H2,(H,17,18);7-9H,4-6,11-12H2,1-3H3;6-8H,4-5,10-11H2,1-3H3;5-6H,2-3,9-10H2,1H3,(H,11,15)(H,12,16)(H,13,14);5-6H,2-4,8-10H2,1H3;5H,2-4,7-8H2,1H3/t2*10-,11+;7?,8-,9-;7-,8-;2*5-,6+;5-/m1000010/s1. The normalized spacial score (nSPS) is 14.9. The van der Waals surface area contributed by atoms with E-state index in [1.54, 1.807) is 6.92 Å². The fraction of sp³-hybridized carbons (Fsp3) is 0.652. The van der Waals surface area contributed by atoms with Crippen molar-refractivity contribution in [2.45, 2.75) is 175 Å². The second-order valence-electron chi connectivity index (χ2n) is 24.1. The van der Waals surface area contributed by atoms with Crippen LogP contribution >= 0.6 is 0 Å². The molecule has 2 amide bonds. The summed E-state index contributed by atoms with van der Waals surface area (Å²) in [6.45, 7) is 19.6. The maximum atomic E-state index is 11.6. The molecule has 0 bridgehead atoms. The molecule has 558 valence electrons. The molecule has 0 heterocycles. The summed E-state index contributed by atoms with van der Waals surface area (Å²) >= 11 is 0. The number of aliphatic carboxylic acids is 3. The molecule has 0 aliphatic carbocycles. The zero-order valence-electron chi connectivity index (χ0n) is 58.9. The van der Waals surface area contributed by atoms with Gasteiger partial charge in [0.15, 0.2) is 34.7 Å². The van der Waals surface area contributed by atoms with Gasteiger partial charge in [0, 0.05) is 84.3 Å². The smallest absolute Gasteiger partial charge is 0.322 e. The molecule has 0 aromatic heterocycles. The molecule has 0 radical (unpaired) electrons. The summed E-state index contributed by atoms with van der Waals surface area (Å²) in [6.07, 6.45) is 4.54. The lowest BCUT2D eigenvalue weighted by molar-refractivity contribution is -0.144. The van der Waals surface area contributed by atoms with Gasteiger partial charge in [0.1, 0.15) is 18.6 Å². The van der Waals surface area contributed by atoms with Crippen LogP contribution in [0.5, 0.6) is 0 Å². The van der Waals surface area contributed by atoms with Crippen LogP contribution in [0.25, 0.3) is 0 Å². The van der Waals surface area contributed by atoms with Crippen molar-refractivity contribution >= 4 is 64.4 Å². The van der Waals surface area contributed by atoms with Crippen molar-refractivity contribution in [1.29, 1.82) is 0 Å². The lowest BCUT2D eigenvalue weighted by Gasteiger charge is -2.18. The topological polar surface area (TPSA) is 663 Å². The molecule has 0 saturated carbocycles. The molecular formula is C66H125N17O14. The quantitative estimate of drug-likeness (QED) is 0.0321. The number of nitrogens with one attached hydrogen (secondary N) is 2. The van der Waals surface area contributed by atoms with E-state index in [1.165, 1.54) is 0 Å². The number of hydrogen-bond donors (Lipinski definition) is 20. The molecule has 31 nitrogen and oxygen atoms in total. The minimum Gasteiger partial charge on any atom is -0.481 e. The first kappa shape index (κ1) is 98.9. The summed E-state index contributed by atoms with van der Waals surface area (Å²) in [7, 11) is 0.